The predicted octanol–water partition coefficient (Wildman–Crippen LogP) is 2.54. The van der Waals surface area contributed by atoms with E-state index in [-0.39, 0.29) is 18.3 Å². The molecule has 0 saturated carbocycles. The highest BCUT2D eigenvalue weighted by molar-refractivity contribution is 5.85. The lowest BCUT2D eigenvalue weighted by Gasteiger charge is -2.09. The van der Waals surface area contributed by atoms with Crippen molar-refractivity contribution in [2.45, 2.75) is 13.8 Å². The third-order valence-electron chi connectivity index (χ3n) is 3.24. The number of hydrazone groups is 1. The van der Waals surface area contributed by atoms with E-state index in [4.69, 9.17) is 4.74 Å². The number of hydrogen-bond donors (Lipinski definition) is 2. The van der Waals surface area contributed by atoms with Crippen molar-refractivity contribution in [1.82, 2.24) is 5.43 Å². The Morgan fingerprint density at radius 1 is 1.23 bits per heavy atom. The number of carbonyl (C=O) groups is 1. The summed E-state index contributed by atoms with van der Waals surface area (Å²) in [6.07, 6.45) is 1.38. The summed E-state index contributed by atoms with van der Waals surface area (Å²) in [7, 11) is 0. The number of amides is 1. The first kappa shape index (κ1) is 15.6. The zero-order valence-corrected chi connectivity index (χ0v) is 12.5. The topological polar surface area (TPSA) is 70.9 Å². The fourth-order valence-electron chi connectivity index (χ4n) is 1.83. The lowest BCUT2D eigenvalue weighted by Crippen LogP contribution is -2.24. The highest BCUT2D eigenvalue weighted by Gasteiger charge is 2.05. The van der Waals surface area contributed by atoms with Gasteiger partial charge in [0.25, 0.3) is 5.91 Å². The van der Waals surface area contributed by atoms with Crippen molar-refractivity contribution >= 4 is 12.1 Å². The van der Waals surface area contributed by atoms with Crippen LogP contribution in [-0.2, 0) is 4.79 Å². The molecular weight excluding hydrogens is 280 g/mol. The highest BCUT2D eigenvalue weighted by Crippen LogP contribution is 2.20. The normalized spacial score (nSPS) is 10.6. The van der Waals surface area contributed by atoms with Crippen LogP contribution in [0.1, 0.15) is 16.7 Å². The summed E-state index contributed by atoms with van der Waals surface area (Å²) in [5, 5.41) is 13.3. The standard InChI is InChI=1S/C17H18N2O3/c1-12-6-5-9-16(13(12)2)22-11-17(21)19-18-10-14-7-3-4-8-15(14)20/h3-10,20H,11H2,1-2H3,(H,19,21). The van der Waals surface area contributed by atoms with E-state index in [1.54, 1.807) is 24.3 Å². The smallest absolute Gasteiger partial charge is 0.277 e. The maximum Gasteiger partial charge on any atom is 0.277 e. The summed E-state index contributed by atoms with van der Waals surface area (Å²) < 4.78 is 5.47. The summed E-state index contributed by atoms with van der Waals surface area (Å²) in [6, 6.07) is 12.4. The average Bonchev–Trinajstić information content (AvgIpc) is 2.51. The second-order valence-electron chi connectivity index (χ2n) is 4.84. The summed E-state index contributed by atoms with van der Waals surface area (Å²) in [4.78, 5) is 11.7. The number of nitrogens with one attached hydrogen (secondary N) is 1. The van der Waals surface area contributed by atoms with Gasteiger partial charge < -0.3 is 9.84 Å². The van der Waals surface area contributed by atoms with Crippen LogP contribution in [-0.4, -0.2) is 23.8 Å². The molecule has 0 bridgehead atoms. The molecule has 0 aromatic heterocycles. The number of ether oxygens (including phenoxy) is 1. The third kappa shape index (κ3) is 4.09. The lowest BCUT2D eigenvalue weighted by molar-refractivity contribution is -0.123. The van der Waals surface area contributed by atoms with Crippen LogP contribution in [0.15, 0.2) is 47.6 Å². The molecule has 2 aromatic rings. The molecule has 0 unspecified atom stereocenters. The Balaban J connectivity index is 1.86. The maximum atomic E-state index is 11.7. The summed E-state index contributed by atoms with van der Waals surface area (Å²) in [5.41, 5.74) is 5.00. The van der Waals surface area contributed by atoms with E-state index in [0.29, 0.717) is 11.3 Å². The number of phenolic OH excluding ortho intramolecular Hbond substituents is 1. The molecular formula is C17H18N2O3. The molecule has 0 fully saturated rings. The van der Waals surface area contributed by atoms with E-state index < -0.39 is 0 Å². The Hall–Kier alpha value is -2.82. The molecule has 0 atom stereocenters. The molecule has 2 N–H and O–H groups in total. The zero-order valence-electron chi connectivity index (χ0n) is 12.5. The number of hydrogen-bond acceptors (Lipinski definition) is 4. The number of carbonyl (C=O) groups excluding carboxylic acids is 1. The SMILES string of the molecule is Cc1cccc(OCC(=O)NN=Cc2ccccc2O)c1C. The Labute approximate surface area is 129 Å². The van der Waals surface area contributed by atoms with Gasteiger partial charge in [0.05, 0.1) is 6.21 Å². The van der Waals surface area contributed by atoms with Crippen LogP contribution in [0, 0.1) is 13.8 Å². The van der Waals surface area contributed by atoms with Crippen LogP contribution in [0.2, 0.25) is 0 Å². The summed E-state index contributed by atoms with van der Waals surface area (Å²) in [5.74, 6) is 0.416. The van der Waals surface area contributed by atoms with Gasteiger partial charge in [-0.05, 0) is 43.2 Å². The van der Waals surface area contributed by atoms with E-state index in [1.165, 1.54) is 6.21 Å². The molecule has 114 valence electrons. The molecule has 0 radical (unpaired) electrons. The molecule has 1 amide bonds. The molecule has 0 saturated heterocycles. The van der Waals surface area contributed by atoms with Gasteiger partial charge in [-0.2, -0.15) is 5.10 Å². The minimum absolute atomic E-state index is 0.104. The second-order valence-corrected chi connectivity index (χ2v) is 4.84. The zero-order chi connectivity index (χ0) is 15.9. The number of rotatable bonds is 5. The summed E-state index contributed by atoms with van der Waals surface area (Å²) >= 11 is 0. The Kier molecular flexibility index (Phi) is 5.14. The number of aromatic hydroxyl groups is 1. The van der Waals surface area contributed by atoms with Crippen molar-refractivity contribution in [2.75, 3.05) is 6.61 Å². The van der Waals surface area contributed by atoms with Gasteiger partial charge in [0, 0.05) is 5.56 Å². The van der Waals surface area contributed by atoms with Gasteiger partial charge >= 0.3 is 0 Å². The van der Waals surface area contributed by atoms with Crippen LogP contribution < -0.4 is 10.2 Å². The van der Waals surface area contributed by atoms with Gasteiger partial charge in [0.15, 0.2) is 6.61 Å². The van der Waals surface area contributed by atoms with E-state index in [1.807, 2.05) is 32.0 Å². The van der Waals surface area contributed by atoms with Crippen molar-refractivity contribution in [3.63, 3.8) is 0 Å². The number of benzene rings is 2. The van der Waals surface area contributed by atoms with Crippen LogP contribution in [0.25, 0.3) is 0 Å². The largest absolute Gasteiger partial charge is 0.507 e. The molecule has 0 aliphatic carbocycles. The quantitative estimate of drug-likeness (QED) is 0.658. The monoisotopic (exact) mass is 298 g/mol. The maximum absolute atomic E-state index is 11.7. The van der Waals surface area contributed by atoms with Crippen LogP contribution in [0.3, 0.4) is 0 Å². The molecule has 22 heavy (non-hydrogen) atoms. The van der Waals surface area contributed by atoms with E-state index in [0.717, 1.165) is 11.1 Å². The summed E-state index contributed by atoms with van der Waals surface area (Å²) in [6.45, 7) is 3.81. The highest BCUT2D eigenvalue weighted by atomic mass is 16.5. The predicted molar refractivity (Wildman–Crippen MR) is 85.3 cm³/mol. The van der Waals surface area contributed by atoms with Crippen LogP contribution in [0.4, 0.5) is 0 Å². The number of para-hydroxylation sites is 1. The molecule has 2 aromatic carbocycles. The van der Waals surface area contributed by atoms with Gasteiger partial charge in [0.2, 0.25) is 0 Å². The fourth-order valence-corrected chi connectivity index (χ4v) is 1.83. The number of phenols is 1. The first-order valence-electron chi connectivity index (χ1n) is 6.87. The van der Waals surface area contributed by atoms with Crippen molar-refractivity contribution in [3.05, 3.63) is 59.2 Å². The minimum atomic E-state index is -0.368. The first-order chi connectivity index (χ1) is 10.6. The Bertz CT molecular complexity index is 696. The van der Waals surface area contributed by atoms with Gasteiger partial charge in [0.1, 0.15) is 11.5 Å². The van der Waals surface area contributed by atoms with Crippen molar-refractivity contribution in [3.8, 4) is 11.5 Å². The van der Waals surface area contributed by atoms with E-state index >= 15 is 0 Å². The number of nitrogens with zero attached hydrogens (tertiary/aromatic N) is 1. The third-order valence-corrected chi connectivity index (χ3v) is 3.24. The molecule has 0 aliphatic heterocycles. The Morgan fingerprint density at radius 3 is 2.77 bits per heavy atom. The van der Waals surface area contributed by atoms with Gasteiger partial charge in [-0.3, -0.25) is 4.79 Å². The number of aryl methyl sites for hydroxylation is 1. The molecule has 0 spiro atoms. The second kappa shape index (κ2) is 7.26. The average molecular weight is 298 g/mol. The molecule has 0 aliphatic rings. The van der Waals surface area contributed by atoms with Gasteiger partial charge in [-0.25, -0.2) is 5.43 Å². The van der Waals surface area contributed by atoms with Crippen LogP contribution in [0.5, 0.6) is 11.5 Å². The minimum Gasteiger partial charge on any atom is -0.507 e. The Morgan fingerprint density at radius 2 is 2.00 bits per heavy atom. The van der Waals surface area contributed by atoms with Crippen molar-refractivity contribution in [2.24, 2.45) is 5.10 Å². The molecule has 2 rings (SSSR count). The lowest BCUT2D eigenvalue weighted by atomic mass is 10.1. The van der Waals surface area contributed by atoms with Crippen LogP contribution >= 0.6 is 0 Å². The molecule has 5 nitrogen and oxygen atoms in total. The molecule has 5 heteroatoms. The molecule has 0 heterocycles. The van der Waals surface area contributed by atoms with Crippen molar-refractivity contribution in [1.29, 1.82) is 0 Å². The van der Waals surface area contributed by atoms with Gasteiger partial charge in [-0.15, -0.1) is 0 Å². The van der Waals surface area contributed by atoms with E-state index in [2.05, 4.69) is 10.5 Å². The van der Waals surface area contributed by atoms with E-state index in [9.17, 15) is 9.90 Å². The van der Waals surface area contributed by atoms with Gasteiger partial charge in [-0.1, -0.05) is 24.3 Å². The first-order valence-corrected chi connectivity index (χ1v) is 6.87. The fraction of sp³-hybridized carbons (Fsp3) is 0.176. The van der Waals surface area contributed by atoms with Crippen molar-refractivity contribution < 1.29 is 14.6 Å².